The molecule has 9 heteroatoms. The maximum Gasteiger partial charge on any atom is 0.311 e. The summed E-state index contributed by atoms with van der Waals surface area (Å²) in [5, 5.41) is 5.86. The van der Waals surface area contributed by atoms with E-state index in [9.17, 15) is 14.4 Å². The van der Waals surface area contributed by atoms with Crippen molar-refractivity contribution >= 4 is 23.5 Å². The molecule has 0 saturated carbocycles. The number of hydrogen-bond acceptors (Lipinski definition) is 6. The molecule has 6 N–H and O–H groups in total. The van der Waals surface area contributed by atoms with Gasteiger partial charge >= 0.3 is 5.97 Å². The number of benzene rings is 1. The zero-order valence-electron chi connectivity index (χ0n) is 23.0. The van der Waals surface area contributed by atoms with E-state index in [1.165, 1.54) is 0 Å². The lowest BCUT2D eigenvalue weighted by Crippen LogP contribution is -2.52. The van der Waals surface area contributed by atoms with Crippen LogP contribution in [0.2, 0.25) is 0 Å². The van der Waals surface area contributed by atoms with Crippen LogP contribution in [0.25, 0.3) is 0 Å². The second kappa shape index (κ2) is 16.3. The summed E-state index contributed by atoms with van der Waals surface area (Å²) in [6.45, 7) is 14.2. The maximum absolute atomic E-state index is 12.8. The van der Waals surface area contributed by atoms with Gasteiger partial charge in [0.05, 0.1) is 31.4 Å². The molecule has 0 heterocycles. The molecule has 0 aliphatic carbocycles. The van der Waals surface area contributed by atoms with Crippen LogP contribution in [0.15, 0.2) is 12.1 Å². The van der Waals surface area contributed by atoms with Crippen molar-refractivity contribution in [3.05, 3.63) is 23.3 Å². The fourth-order valence-corrected chi connectivity index (χ4v) is 4.17. The number of carbonyl (C=O) groups is 3. The maximum atomic E-state index is 12.8. The molecule has 0 aliphatic rings. The van der Waals surface area contributed by atoms with E-state index in [1.807, 2.05) is 19.9 Å². The summed E-state index contributed by atoms with van der Waals surface area (Å²) in [5.74, 6) is -0.119. The molecule has 1 aromatic carbocycles. The fourth-order valence-electron chi connectivity index (χ4n) is 4.17. The number of esters is 1. The Kier molecular flexibility index (Phi) is 14.3. The van der Waals surface area contributed by atoms with E-state index in [0.29, 0.717) is 50.3 Å². The van der Waals surface area contributed by atoms with E-state index < -0.39 is 6.04 Å². The number of anilines is 1. The number of likely N-dealkylation sites (N-methyl/N-ethyl adjacent to an activating group) is 1. The molecule has 1 unspecified atom stereocenters. The van der Waals surface area contributed by atoms with Gasteiger partial charge in [-0.15, -0.1) is 0 Å². The topological polar surface area (TPSA) is 137 Å². The number of amides is 2. The number of hydrogen-bond donors (Lipinski definition) is 4. The van der Waals surface area contributed by atoms with Gasteiger partial charge in [0.15, 0.2) is 6.54 Å². The minimum atomic E-state index is -0.526. The second-order valence-electron chi connectivity index (χ2n) is 9.49. The van der Waals surface area contributed by atoms with Gasteiger partial charge in [0.2, 0.25) is 5.91 Å². The van der Waals surface area contributed by atoms with Gasteiger partial charge < -0.3 is 31.3 Å². The predicted octanol–water partition coefficient (Wildman–Crippen LogP) is 2.77. The number of nitrogens with one attached hydrogen (secondary N) is 2. The van der Waals surface area contributed by atoms with Crippen molar-refractivity contribution in [2.45, 2.75) is 79.2 Å². The van der Waals surface area contributed by atoms with Gasteiger partial charge in [-0.1, -0.05) is 12.5 Å². The molecule has 0 spiro atoms. The van der Waals surface area contributed by atoms with Crippen LogP contribution in [-0.2, 0) is 14.4 Å². The summed E-state index contributed by atoms with van der Waals surface area (Å²) < 4.78 is 6.32. The molecule has 1 atom stereocenters. The predicted molar refractivity (Wildman–Crippen MR) is 145 cm³/mol. The van der Waals surface area contributed by atoms with E-state index in [0.717, 1.165) is 48.1 Å². The minimum Gasteiger partial charge on any atom is -0.426 e. The molecule has 1 rings (SSSR count). The first-order chi connectivity index (χ1) is 17.1. The molecule has 0 radical (unpaired) electrons. The van der Waals surface area contributed by atoms with Gasteiger partial charge in [-0.3, -0.25) is 14.4 Å². The lowest BCUT2D eigenvalue weighted by Gasteiger charge is -2.35. The largest absolute Gasteiger partial charge is 0.426 e. The summed E-state index contributed by atoms with van der Waals surface area (Å²) in [4.78, 5) is 37.2. The van der Waals surface area contributed by atoms with Crippen molar-refractivity contribution in [3.8, 4) is 5.75 Å². The summed E-state index contributed by atoms with van der Waals surface area (Å²) >= 11 is 0. The molecule has 2 amide bonds. The van der Waals surface area contributed by atoms with Gasteiger partial charge in [-0.25, -0.2) is 0 Å². The average Bonchev–Trinajstić information content (AvgIpc) is 2.86. The Morgan fingerprint density at radius 1 is 1.00 bits per heavy atom. The van der Waals surface area contributed by atoms with E-state index in [2.05, 4.69) is 31.4 Å². The number of quaternary nitrogens is 1. The smallest absolute Gasteiger partial charge is 0.311 e. The molecule has 0 aromatic heterocycles. The van der Waals surface area contributed by atoms with Crippen LogP contribution in [0.1, 0.15) is 70.4 Å². The highest BCUT2D eigenvalue weighted by molar-refractivity contribution is 5.93. The van der Waals surface area contributed by atoms with Gasteiger partial charge in [-0.2, -0.15) is 0 Å². The van der Waals surface area contributed by atoms with Gasteiger partial charge in [-0.05, 0) is 78.5 Å². The van der Waals surface area contributed by atoms with Crippen molar-refractivity contribution in [2.24, 2.45) is 11.5 Å². The lowest BCUT2D eigenvalue weighted by atomic mass is 10.1. The molecular formula is C27H48N5O4+. The standard InChI is InChI=1S/C27H47N5O4/c1-6-32(7-2,8-3)19-24(33)31-26-20(4)15-16-23(21(26)5)36-25(34)14-10-12-18-30-27(35)22(29)13-9-11-17-28/h15-16,22H,6-14,17-19,28-29H2,1-5H3,(H-,30,31,33,35)/p+1. The summed E-state index contributed by atoms with van der Waals surface area (Å²) in [7, 11) is 0. The van der Waals surface area contributed by atoms with Crippen molar-refractivity contribution in [1.29, 1.82) is 0 Å². The zero-order valence-corrected chi connectivity index (χ0v) is 23.0. The first kappa shape index (κ1) is 31.5. The SMILES string of the molecule is CC[N+](CC)(CC)CC(=O)Nc1c(C)ccc(OC(=O)CCCCNC(=O)C(N)CCCCN)c1C. The fraction of sp³-hybridized carbons (Fsp3) is 0.667. The Hall–Kier alpha value is -2.49. The molecule has 0 aliphatic heterocycles. The van der Waals surface area contributed by atoms with Crippen LogP contribution < -0.4 is 26.8 Å². The highest BCUT2D eigenvalue weighted by atomic mass is 16.5. The monoisotopic (exact) mass is 506 g/mol. The van der Waals surface area contributed by atoms with Crippen LogP contribution >= 0.6 is 0 Å². The number of nitrogens with zero attached hydrogens (tertiary/aromatic N) is 1. The summed E-state index contributed by atoms with van der Waals surface area (Å²) in [6, 6.07) is 3.08. The molecular weight excluding hydrogens is 458 g/mol. The molecule has 0 bridgehead atoms. The van der Waals surface area contributed by atoms with Crippen LogP contribution in [0.4, 0.5) is 5.69 Å². The normalized spacial score (nSPS) is 12.2. The highest BCUT2D eigenvalue weighted by Gasteiger charge is 2.25. The van der Waals surface area contributed by atoms with Crippen LogP contribution in [0, 0.1) is 13.8 Å². The van der Waals surface area contributed by atoms with Gasteiger partial charge in [0.25, 0.3) is 5.91 Å². The highest BCUT2D eigenvalue weighted by Crippen LogP contribution is 2.29. The van der Waals surface area contributed by atoms with E-state index in [-0.39, 0.29) is 24.2 Å². The average molecular weight is 507 g/mol. The number of unbranched alkanes of at least 4 members (excludes halogenated alkanes) is 2. The number of nitrogens with two attached hydrogens (primary N) is 2. The van der Waals surface area contributed by atoms with Crippen molar-refractivity contribution in [2.75, 3.05) is 44.6 Å². The van der Waals surface area contributed by atoms with E-state index >= 15 is 0 Å². The molecule has 9 nitrogen and oxygen atoms in total. The summed E-state index contributed by atoms with van der Waals surface area (Å²) in [6.07, 6.45) is 3.77. The first-order valence-electron chi connectivity index (χ1n) is 13.3. The molecule has 1 aromatic rings. The minimum absolute atomic E-state index is 0.0450. The third-order valence-electron chi connectivity index (χ3n) is 7.02. The molecule has 0 saturated heterocycles. The number of ether oxygens (including phenoxy) is 1. The summed E-state index contributed by atoms with van der Waals surface area (Å²) in [5.41, 5.74) is 13.7. The van der Waals surface area contributed by atoms with Crippen molar-refractivity contribution in [3.63, 3.8) is 0 Å². The first-order valence-corrected chi connectivity index (χ1v) is 13.3. The number of rotatable bonds is 17. The molecule has 36 heavy (non-hydrogen) atoms. The van der Waals surface area contributed by atoms with E-state index in [1.54, 1.807) is 6.07 Å². The number of aryl methyl sites for hydroxylation is 1. The number of carbonyl (C=O) groups excluding carboxylic acids is 3. The van der Waals surface area contributed by atoms with Crippen molar-refractivity contribution in [1.82, 2.24) is 5.32 Å². The Morgan fingerprint density at radius 3 is 2.28 bits per heavy atom. The second-order valence-corrected chi connectivity index (χ2v) is 9.49. The molecule has 204 valence electrons. The quantitative estimate of drug-likeness (QED) is 0.111. The van der Waals surface area contributed by atoms with Crippen LogP contribution in [0.3, 0.4) is 0 Å². The van der Waals surface area contributed by atoms with Gasteiger partial charge in [0, 0.05) is 18.5 Å². The molecule has 0 fully saturated rings. The van der Waals surface area contributed by atoms with Crippen molar-refractivity contribution < 1.29 is 23.6 Å². The zero-order chi connectivity index (χ0) is 27.1. The third kappa shape index (κ3) is 10.2. The lowest BCUT2D eigenvalue weighted by molar-refractivity contribution is -0.915. The Balaban J connectivity index is 2.56. The Morgan fingerprint density at radius 2 is 1.67 bits per heavy atom. The van der Waals surface area contributed by atoms with Gasteiger partial charge in [0.1, 0.15) is 5.75 Å². The van der Waals surface area contributed by atoms with E-state index in [4.69, 9.17) is 16.2 Å². The Bertz CT molecular complexity index is 847. The third-order valence-corrected chi connectivity index (χ3v) is 7.02. The van der Waals surface area contributed by atoms with Crippen LogP contribution in [-0.4, -0.2) is 67.6 Å². The Labute approximate surface area is 216 Å². The van der Waals surface area contributed by atoms with Crippen LogP contribution in [0.5, 0.6) is 5.75 Å².